The fourth-order valence-corrected chi connectivity index (χ4v) is 12.6. The zero-order chi connectivity index (χ0) is 68.0. The Morgan fingerprint density at radius 2 is 0.554 bits per heavy atom. The third kappa shape index (κ3) is 64.1. The van der Waals surface area contributed by atoms with Gasteiger partial charge in [0.25, 0.3) is 0 Å². The topological polar surface area (TPSA) is 237 Å². The maximum Gasteiger partial charge on any atom is 0.472 e. The van der Waals surface area contributed by atoms with Crippen LogP contribution in [0.4, 0.5) is 0 Å². The molecule has 0 bridgehead atoms. The van der Waals surface area contributed by atoms with Crippen molar-refractivity contribution < 1.29 is 80.2 Å². The predicted molar refractivity (Wildman–Crippen MR) is 372 cm³/mol. The minimum Gasteiger partial charge on any atom is -0.462 e. The monoisotopic (exact) mass is 1350 g/mol. The van der Waals surface area contributed by atoms with Gasteiger partial charge in [0, 0.05) is 25.7 Å². The molecule has 0 aromatic carbocycles. The van der Waals surface area contributed by atoms with Crippen molar-refractivity contribution in [3.63, 3.8) is 0 Å². The van der Waals surface area contributed by atoms with Crippen LogP contribution in [0.15, 0.2) is 0 Å². The maximum atomic E-state index is 13.1. The molecule has 0 aliphatic rings. The number of hydrogen-bond donors (Lipinski definition) is 3. The Balaban J connectivity index is 5.24. The Morgan fingerprint density at radius 1 is 0.315 bits per heavy atom. The summed E-state index contributed by atoms with van der Waals surface area (Å²) in [6.45, 7) is 11.8. The largest absolute Gasteiger partial charge is 0.472 e. The first-order valence-corrected chi connectivity index (χ1v) is 40.9. The highest BCUT2D eigenvalue weighted by atomic mass is 31.2. The molecule has 0 fully saturated rings. The molecule has 92 heavy (non-hydrogen) atoms. The number of aliphatic hydroxyl groups excluding tert-OH is 1. The first-order chi connectivity index (χ1) is 44.3. The smallest absolute Gasteiger partial charge is 0.462 e. The van der Waals surface area contributed by atoms with Crippen molar-refractivity contribution in [2.45, 2.75) is 388 Å². The summed E-state index contributed by atoms with van der Waals surface area (Å²) in [4.78, 5) is 72.6. The van der Waals surface area contributed by atoms with Gasteiger partial charge in [0.15, 0.2) is 12.2 Å². The first kappa shape index (κ1) is 90.1. The lowest BCUT2D eigenvalue weighted by atomic mass is 9.99. The fourth-order valence-electron chi connectivity index (χ4n) is 11.0. The summed E-state index contributed by atoms with van der Waals surface area (Å²) in [6.07, 6.45) is 48.5. The average Bonchev–Trinajstić information content (AvgIpc) is 3.00. The summed E-state index contributed by atoms with van der Waals surface area (Å²) >= 11 is 0. The van der Waals surface area contributed by atoms with Crippen LogP contribution < -0.4 is 0 Å². The highest BCUT2D eigenvalue weighted by molar-refractivity contribution is 7.47. The lowest BCUT2D eigenvalue weighted by molar-refractivity contribution is -0.161. The van der Waals surface area contributed by atoms with Crippen molar-refractivity contribution >= 4 is 39.5 Å². The SMILES string of the molecule is CCCCCCCCCCCCCCCC(=O)OC[C@H](COP(=O)(O)OC[C@@H](O)COP(=O)(O)OC[C@@H](COC(=O)CCCCCCCCC(C)CC)OC(=O)CCCCCCCCCCC(C)C)OC(=O)CCCCCCCCCCCCCCCCC(C)CC. The van der Waals surface area contributed by atoms with Crippen LogP contribution in [0, 0.1) is 17.8 Å². The molecule has 3 N–H and O–H groups in total. The van der Waals surface area contributed by atoms with Crippen molar-refractivity contribution in [1.82, 2.24) is 0 Å². The molecule has 0 aliphatic heterocycles. The van der Waals surface area contributed by atoms with E-state index >= 15 is 0 Å². The van der Waals surface area contributed by atoms with Gasteiger partial charge in [-0.25, -0.2) is 9.13 Å². The van der Waals surface area contributed by atoms with Crippen molar-refractivity contribution in [3.05, 3.63) is 0 Å². The zero-order valence-corrected chi connectivity index (χ0v) is 61.8. The minimum atomic E-state index is -4.95. The summed E-state index contributed by atoms with van der Waals surface area (Å²) in [5.74, 6) is 0.171. The van der Waals surface area contributed by atoms with Gasteiger partial charge in [-0.05, 0) is 43.4 Å². The van der Waals surface area contributed by atoms with Crippen LogP contribution in [0.25, 0.3) is 0 Å². The number of phosphoric acid groups is 2. The Morgan fingerprint density at radius 3 is 0.826 bits per heavy atom. The van der Waals surface area contributed by atoms with E-state index in [1.54, 1.807) is 0 Å². The van der Waals surface area contributed by atoms with Crippen molar-refractivity contribution in [1.29, 1.82) is 0 Å². The average molecular weight is 1350 g/mol. The van der Waals surface area contributed by atoms with E-state index in [1.165, 1.54) is 173 Å². The van der Waals surface area contributed by atoms with Gasteiger partial charge in [0.05, 0.1) is 26.4 Å². The minimum absolute atomic E-state index is 0.103. The number of carbonyl (C=O) groups excluding carboxylic acids is 4. The Hall–Kier alpha value is -1.94. The number of unbranched alkanes of at least 4 members (excludes halogenated alkanes) is 37. The van der Waals surface area contributed by atoms with Crippen LogP contribution >= 0.6 is 15.6 Å². The molecular formula is C73H142O17P2. The predicted octanol–water partition coefficient (Wildman–Crippen LogP) is 21.0. The molecule has 0 rings (SSSR count). The fraction of sp³-hybridized carbons (Fsp3) is 0.945. The number of ether oxygens (including phenoxy) is 4. The molecule has 0 aromatic rings. The molecule has 0 amide bonds. The number of phosphoric ester groups is 2. The lowest BCUT2D eigenvalue weighted by Gasteiger charge is -2.21. The summed E-state index contributed by atoms with van der Waals surface area (Å²) in [6, 6.07) is 0. The van der Waals surface area contributed by atoms with Crippen molar-refractivity contribution in [2.24, 2.45) is 17.8 Å². The summed E-state index contributed by atoms with van der Waals surface area (Å²) in [5, 5.41) is 10.6. The number of rotatable bonds is 71. The normalized spacial score (nSPS) is 14.7. The summed E-state index contributed by atoms with van der Waals surface area (Å²) < 4.78 is 68.4. The molecule has 0 aliphatic carbocycles. The van der Waals surface area contributed by atoms with Gasteiger partial charge in [-0.1, -0.05) is 318 Å². The number of esters is 4. The van der Waals surface area contributed by atoms with E-state index in [2.05, 4.69) is 48.5 Å². The zero-order valence-electron chi connectivity index (χ0n) is 60.0. The van der Waals surface area contributed by atoms with Gasteiger partial charge in [-0.3, -0.25) is 37.3 Å². The lowest BCUT2D eigenvalue weighted by Crippen LogP contribution is -2.30. The summed E-state index contributed by atoms with van der Waals surface area (Å²) in [5.41, 5.74) is 0. The molecule has 17 nitrogen and oxygen atoms in total. The molecule has 0 saturated carbocycles. The quantitative estimate of drug-likeness (QED) is 0.0222. The number of hydrogen-bond acceptors (Lipinski definition) is 15. The molecule has 0 radical (unpaired) electrons. The van der Waals surface area contributed by atoms with Crippen LogP contribution in [0.3, 0.4) is 0 Å². The van der Waals surface area contributed by atoms with Crippen LogP contribution in [0.2, 0.25) is 0 Å². The molecule has 0 spiro atoms. The van der Waals surface area contributed by atoms with Gasteiger partial charge >= 0.3 is 39.5 Å². The molecule has 0 heterocycles. The van der Waals surface area contributed by atoms with Crippen molar-refractivity contribution in [3.8, 4) is 0 Å². The van der Waals surface area contributed by atoms with E-state index in [4.69, 9.17) is 37.0 Å². The number of carbonyl (C=O) groups is 4. The Labute approximate surface area is 562 Å². The van der Waals surface area contributed by atoms with Crippen LogP contribution in [-0.4, -0.2) is 96.7 Å². The second-order valence-electron chi connectivity index (χ2n) is 27.3. The molecule has 0 saturated heterocycles. The van der Waals surface area contributed by atoms with E-state index in [9.17, 15) is 43.2 Å². The molecular weight excluding hydrogens is 1210 g/mol. The van der Waals surface area contributed by atoms with E-state index in [0.717, 1.165) is 114 Å². The third-order valence-corrected chi connectivity index (χ3v) is 19.5. The highest BCUT2D eigenvalue weighted by Crippen LogP contribution is 2.45. The third-order valence-electron chi connectivity index (χ3n) is 17.6. The van der Waals surface area contributed by atoms with Gasteiger partial charge in [-0.15, -0.1) is 0 Å². The van der Waals surface area contributed by atoms with E-state index in [-0.39, 0.29) is 25.7 Å². The Bertz CT molecular complexity index is 1810. The standard InChI is InChI=1S/C73H142O17P2/c1-8-11-12-13-14-15-16-19-23-26-32-40-47-54-70(75)83-60-68(89-72(77)56-49-42-33-27-24-21-18-17-20-22-25-31-38-45-52-65(6)9-2)62-87-91(79,80)85-58-67(74)59-86-92(81,82)88-63-69(61-84-71(76)55-48-41-36-35-39-46-53-66(7)10-3)90-73(78)57-50-43-34-29-28-30-37-44-51-64(4)5/h64-69,74H,8-63H2,1-7H3,(H,79,80)(H,81,82)/t65?,66?,67-,68-,69-/m1/s1. The maximum absolute atomic E-state index is 13.1. The highest BCUT2D eigenvalue weighted by Gasteiger charge is 2.30. The molecule has 4 unspecified atom stereocenters. The molecule has 546 valence electrons. The van der Waals surface area contributed by atoms with Gasteiger partial charge in [-0.2, -0.15) is 0 Å². The molecule has 19 heteroatoms. The van der Waals surface area contributed by atoms with Gasteiger partial charge in [0.1, 0.15) is 19.3 Å². The second kappa shape index (κ2) is 63.8. The second-order valence-corrected chi connectivity index (χ2v) is 30.2. The van der Waals surface area contributed by atoms with E-state index < -0.39 is 97.5 Å². The van der Waals surface area contributed by atoms with Gasteiger partial charge in [0.2, 0.25) is 0 Å². The first-order valence-electron chi connectivity index (χ1n) is 37.9. The van der Waals surface area contributed by atoms with Crippen LogP contribution in [0.5, 0.6) is 0 Å². The summed E-state index contributed by atoms with van der Waals surface area (Å²) in [7, 11) is -9.91. The van der Waals surface area contributed by atoms with Gasteiger partial charge < -0.3 is 33.8 Å². The van der Waals surface area contributed by atoms with E-state index in [1.807, 2.05) is 0 Å². The van der Waals surface area contributed by atoms with E-state index in [0.29, 0.717) is 25.7 Å². The van der Waals surface area contributed by atoms with Crippen LogP contribution in [0.1, 0.15) is 370 Å². The molecule has 7 atom stereocenters. The van der Waals surface area contributed by atoms with Crippen molar-refractivity contribution in [2.75, 3.05) is 39.6 Å². The molecule has 0 aromatic heterocycles. The number of aliphatic hydroxyl groups is 1. The Kier molecular flexibility index (Phi) is 62.4. The van der Waals surface area contributed by atoms with Crippen LogP contribution in [-0.2, 0) is 65.4 Å².